The molecule has 0 radical (unpaired) electrons. The molecule has 1 aliphatic rings. The van der Waals surface area contributed by atoms with Crippen LogP contribution in [0.15, 0.2) is 18.2 Å². The molecule has 0 bridgehead atoms. The van der Waals surface area contributed by atoms with Crippen molar-refractivity contribution < 1.29 is 9.18 Å². The SMILES string of the molecule is O=C(CC1CCCCC1)c1ccc(Cl)cc1F. The Labute approximate surface area is 106 Å². The van der Waals surface area contributed by atoms with Crippen LogP contribution in [-0.4, -0.2) is 5.78 Å². The van der Waals surface area contributed by atoms with E-state index in [1.807, 2.05) is 0 Å². The van der Waals surface area contributed by atoms with E-state index >= 15 is 0 Å². The molecule has 0 N–H and O–H groups in total. The van der Waals surface area contributed by atoms with Gasteiger partial charge in [0, 0.05) is 11.4 Å². The van der Waals surface area contributed by atoms with Crippen molar-refractivity contribution in [1.82, 2.24) is 0 Å². The summed E-state index contributed by atoms with van der Waals surface area (Å²) in [7, 11) is 0. The van der Waals surface area contributed by atoms with E-state index in [0.29, 0.717) is 17.4 Å². The minimum atomic E-state index is -0.502. The lowest BCUT2D eigenvalue weighted by molar-refractivity contribution is 0.0946. The van der Waals surface area contributed by atoms with Gasteiger partial charge >= 0.3 is 0 Å². The summed E-state index contributed by atoms with van der Waals surface area (Å²) in [5.74, 6) is -0.157. The standard InChI is InChI=1S/C14H16ClFO/c15-11-6-7-12(13(16)9-11)14(17)8-10-4-2-1-3-5-10/h6-7,9-10H,1-5,8H2. The molecule has 3 heteroatoms. The minimum Gasteiger partial charge on any atom is -0.294 e. The van der Waals surface area contributed by atoms with Gasteiger partial charge in [0.05, 0.1) is 5.56 Å². The van der Waals surface area contributed by atoms with Crippen LogP contribution in [0, 0.1) is 11.7 Å². The first-order valence-electron chi connectivity index (χ1n) is 6.15. The van der Waals surface area contributed by atoms with Crippen LogP contribution in [0.1, 0.15) is 48.9 Å². The quantitative estimate of drug-likeness (QED) is 0.719. The number of hydrogen-bond acceptors (Lipinski definition) is 1. The van der Waals surface area contributed by atoms with Crippen molar-refractivity contribution in [2.45, 2.75) is 38.5 Å². The van der Waals surface area contributed by atoms with E-state index in [4.69, 9.17) is 11.6 Å². The maximum atomic E-state index is 13.5. The molecule has 1 saturated carbocycles. The Morgan fingerprint density at radius 3 is 2.65 bits per heavy atom. The predicted octanol–water partition coefficient (Wildman–Crippen LogP) is 4.63. The van der Waals surface area contributed by atoms with E-state index in [-0.39, 0.29) is 11.3 Å². The van der Waals surface area contributed by atoms with E-state index in [0.717, 1.165) is 12.8 Å². The number of hydrogen-bond donors (Lipinski definition) is 0. The lowest BCUT2D eigenvalue weighted by Gasteiger charge is -2.20. The highest BCUT2D eigenvalue weighted by atomic mass is 35.5. The molecule has 92 valence electrons. The highest BCUT2D eigenvalue weighted by Gasteiger charge is 2.19. The maximum Gasteiger partial charge on any atom is 0.166 e. The molecule has 1 nitrogen and oxygen atoms in total. The largest absolute Gasteiger partial charge is 0.294 e. The van der Waals surface area contributed by atoms with Gasteiger partial charge in [0.25, 0.3) is 0 Å². The average Bonchev–Trinajstić information content (AvgIpc) is 2.30. The summed E-state index contributed by atoms with van der Waals surface area (Å²) in [6, 6.07) is 4.26. The van der Waals surface area contributed by atoms with Crippen LogP contribution in [-0.2, 0) is 0 Å². The van der Waals surface area contributed by atoms with Crippen molar-refractivity contribution in [3.8, 4) is 0 Å². The van der Waals surface area contributed by atoms with E-state index in [9.17, 15) is 9.18 Å². The molecule has 0 spiro atoms. The zero-order chi connectivity index (χ0) is 12.3. The Morgan fingerprint density at radius 1 is 1.29 bits per heavy atom. The fourth-order valence-corrected chi connectivity index (χ4v) is 2.64. The van der Waals surface area contributed by atoms with Crippen LogP contribution >= 0.6 is 11.6 Å². The Hall–Kier alpha value is -0.890. The molecule has 1 aromatic carbocycles. The van der Waals surface area contributed by atoms with E-state index in [2.05, 4.69) is 0 Å². The molecular formula is C14H16ClFO. The predicted molar refractivity (Wildman–Crippen MR) is 66.9 cm³/mol. The van der Waals surface area contributed by atoms with E-state index in [1.165, 1.54) is 31.4 Å². The molecule has 17 heavy (non-hydrogen) atoms. The van der Waals surface area contributed by atoms with E-state index < -0.39 is 5.82 Å². The Balaban J connectivity index is 2.03. The summed E-state index contributed by atoms with van der Waals surface area (Å²) < 4.78 is 13.5. The van der Waals surface area contributed by atoms with Crippen LogP contribution in [0.25, 0.3) is 0 Å². The molecule has 0 heterocycles. The highest BCUT2D eigenvalue weighted by Crippen LogP contribution is 2.28. The van der Waals surface area contributed by atoms with Crippen LogP contribution in [0.3, 0.4) is 0 Å². The second kappa shape index (κ2) is 5.63. The first-order valence-corrected chi connectivity index (χ1v) is 6.53. The van der Waals surface area contributed by atoms with Crippen molar-refractivity contribution in [2.24, 2.45) is 5.92 Å². The molecule has 1 aliphatic carbocycles. The number of carbonyl (C=O) groups is 1. The number of rotatable bonds is 3. The third-order valence-electron chi connectivity index (χ3n) is 3.43. The molecule has 0 saturated heterocycles. The minimum absolute atomic E-state index is 0.0916. The Morgan fingerprint density at radius 2 is 2.00 bits per heavy atom. The van der Waals surface area contributed by atoms with Gasteiger partial charge in [-0.2, -0.15) is 0 Å². The molecular weight excluding hydrogens is 239 g/mol. The number of Topliss-reactive ketones (excluding diaryl/α,β-unsaturated/α-hetero) is 1. The summed E-state index contributed by atoms with van der Waals surface area (Å²) in [5, 5.41) is 0.330. The Bertz CT molecular complexity index is 411. The van der Waals surface area contributed by atoms with Crippen molar-refractivity contribution in [2.75, 3.05) is 0 Å². The van der Waals surface area contributed by atoms with Crippen LogP contribution in [0.5, 0.6) is 0 Å². The maximum absolute atomic E-state index is 13.5. The zero-order valence-corrected chi connectivity index (χ0v) is 10.5. The third kappa shape index (κ3) is 3.29. The molecule has 0 unspecified atom stereocenters. The van der Waals surface area contributed by atoms with Gasteiger partial charge in [-0.15, -0.1) is 0 Å². The van der Waals surface area contributed by atoms with Crippen LogP contribution in [0.4, 0.5) is 4.39 Å². The van der Waals surface area contributed by atoms with Crippen molar-refractivity contribution in [3.63, 3.8) is 0 Å². The van der Waals surface area contributed by atoms with Gasteiger partial charge in [-0.3, -0.25) is 4.79 Å². The lowest BCUT2D eigenvalue weighted by atomic mass is 9.85. The molecule has 2 rings (SSSR count). The topological polar surface area (TPSA) is 17.1 Å². The number of carbonyl (C=O) groups excluding carboxylic acids is 1. The van der Waals surface area contributed by atoms with Gasteiger partial charge in [0.15, 0.2) is 5.78 Å². The first kappa shape index (κ1) is 12.6. The zero-order valence-electron chi connectivity index (χ0n) is 9.72. The van der Waals surface area contributed by atoms with Gasteiger partial charge in [-0.05, 0) is 24.1 Å². The molecule has 0 aromatic heterocycles. The summed E-state index contributed by atoms with van der Waals surface area (Å²) in [6.07, 6.45) is 6.32. The van der Waals surface area contributed by atoms with Crippen LogP contribution < -0.4 is 0 Å². The summed E-state index contributed by atoms with van der Waals surface area (Å²) in [6.45, 7) is 0. The molecule has 0 amide bonds. The second-order valence-corrected chi connectivity index (χ2v) is 5.19. The average molecular weight is 255 g/mol. The van der Waals surface area contributed by atoms with Crippen molar-refractivity contribution in [3.05, 3.63) is 34.6 Å². The number of benzene rings is 1. The number of halogens is 2. The van der Waals surface area contributed by atoms with Crippen LogP contribution in [0.2, 0.25) is 5.02 Å². The molecule has 1 aromatic rings. The molecule has 0 aliphatic heterocycles. The summed E-state index contributed by atoms with van der Waals surface area (Å²) >= 11 is 5.66. The van der Waals surface area contributed by atoms with Gasteiger partial charge in [0.1, 0.15) is 5.82 Å². The highest BCUT2D eigenvalue weighted by molar-refractivity contribution is 6.30. The molecule has 1 fully saturated rings. The van der Waals surface area contributed by atoms with Gasteiger partial charge < -0.3 is 0 Å². The summed E-state index contributed by atoms with van der Waals surface area (Å²) in [5.41, 5.74) is 0.181. The van der Waals surface area contributed by atoms with Gasteiger partial charge in [-0.1, -0.05) is 43.7 Å². The monoisotopic (exact) mass is 254 g/mol. The first-order chi connectivity index (χ1) is 8.16. The van der Waals surface area contributed by atoms with Crippen molar-refractivity contribution >= 4 is 17.4 Å². The normalized spacial score (nSPS) is 17.1. The van der Waals surface area contributed by atoms with Gasteiger partial charge in [0.2, 0.25) is 0 Å². The fraction of sp³-hybridized carbons (Fsp3) is 0.500. The van der Waals surface area contributed by atoms with E-state index in [1.54, 1.807) is 6.07 Å². The molecule has 0 atom stereocenters. The second-order valence-electron chi connectivity index (χ2n) is 4.76. The smallest absolute Gasteiger partial charge is 0.166 e. The summed E-state index contributed by atoms with van der Waals surface area (Å²) in [4.78, 5) is 12.0. The van der Waals surface area contributed by atoms with Gasteiger partial charge in [-0.25, -0.2) is 4.39 Å². The lowest BCUT2D eigenvalue weighted by Crippen LogP contribution is -2.13. The fourth-order valence-electron chi connectivity index (χ4n) is 2.48. The third-order valence-corrected chi connectivity index (χ3v) is 3.67. The number of ketones is 1. The Kier molecular flexibility index (Phi) is 4.16. The van der Waals surface area contributed by atoms with Crippen molar-refractivity contribution in [1.29, 1.82) is 0 Å².